The normalized spacial score (nSPS) is 15.1. The Kier molecular flexibility index (Phi) is 6.34. The summed E-state index contributed by atoms with van der Waals surface area (Å²) in [5.74, 6) is 0.485. The molecule has 0 bridgehead atoms. The summed E-state index contributed by atoms with van der Waals surface area (Å²) in [4.78, 5) is 27.9. The molecule has 1 N–H and O–H groups in total. The van der Waals surface area contributed by atoms with Crippen LogP contribution in [0.3, 0.4) is 0 Å². The summed E-state index contributed by atoms with van der Waals surface area (Å²) in [6.45, 7) is 1.86. The molecule has 5 rings (SSSR count). The minimum atomic E-state index is -0.278. The largest absolute Gasteiger partial charge is 0.489 e. The number of carbonyl (C=O) groups excluding carboxylic acids is 2. The summed E-state index contributed by atoms with van der Waals surface area (Å²) in [6, 6.07) is 13.7. The zero-order valence-electron chi connectivity index (χ0n) is 19.5. The number of carbonyl (C=O) groups is 2. The number of anilines is 1. The smallest absolute Gasteiger partial charge is 0.274 e. The number of piperidine rings is 1. The Morgan fingerprint density at radius 2 is 1.82 bits per heavy atom. The van der Waals surface area contributed by atoms with Crippen LogP contribution < -0.4 is 10.1 Å². The summed E-state index contributed by atoms with van der Waals surface area (Å²) in [5.41, 5.74) is 5.05. The molecular formula is C27H30N4O3. The highest BCUT2D eigenvalue weighted by molar-refractivity contribution is 6.08. The lowest BCUT2D eigenvalue weighted by atomic mass is 10.1. The first-order chi connectivity index (χ1) is 16.6. The quantitative estimate of drug-likeness (QED) is 0.595. The Hall–Kier alpha value is -3.61. The molecule has 1 aliphatic heterocycles. The molecule has 7 nitrogen and oxygen atoms in total. The first-order valence-corrected chi connectivity index (χ1v) is 12.0. The second-order valence-corrected chi connectivity index (χ2v) is 9.11. The number of nitrogens with zero attached hydrogens (tertiary/aromatic N) is 3. The number of aromatic nitrogens is 2. The highest BCUT2D eigenvalue weighted by Gasteiger charge is 2.25. The van der Waals surface area contributed by atoms with Crippen molar-refractivity contribution in [3.05, 3.63) is 76.6 Å². The second-order valence-electron chi connectivity index (χ2n) is 9.11. The SMILES string of the molecule is Cn1ncc(NC(=O)c2cccc(COc3ccc4c(c3)CCC4)c2)c1C(=O)N1CCCCC1. The molecule has 0 saturated carbocycles. The van der Waals surface area contributed by atoms with Crippen molar-refractivity contribution in [2.75, 3.05) is 18.4 Å². The Labute approximate surface area is 199 Å². The minimum absolute atomic E-state index is 0.0912. The molecule has 7 heteroatoms. The van der Waals surface area contributed by atoms with Crippen LogP contribution in [0.1, 0.15) is 63.2 Å². The fourth-order valence-corrected chi connectivity index (χ4v) is 4.83. The number of benzene rings is 2. The molecule has 0 unspecified atom stereocenters. The molecule has 1 saturated heterocycles. The minimum Gasteiger partial charge on any atom is -0.489 e. The number of aryl methyl sites for hydroxylation is 3. The van der Waals surface area contributed by atoms with Crippen molar-refractivity contribution in [3.63, 3.8) is 0 Å². The molecule has 1 aromatic heterocycles. The van der Waals surface area contributed by atoms with Crippen LogP contribution in [-0.4, -0.2) is 39.6 Å². The highest BCUT2D eigenvalue weighted by atomic mass is 16.5. The van der Waals surface area contributed by atoms with E-state index in [4.69, 9.17) is 4.74 Å². The van der Waals surface area contributed by atoms with E-state index in [2.05, 4.69) is 22.5 Å². The fourth-order valence-electron chi connectivity index (χ4n) is 4.83. The maximum atomic E-state index is 13.1. The number of rotatable bonds is 6. The molecular weight excluding hydrogens is 428 g/mol. The zero-order chi connectivity index (χ0) is 23.5. The standard InChI is InChI=1S/C27H30N4O3/c1-30-25(27(33)31-13-3-2-4-14-31)24(17-28-30)29-26(32)22-10-5-7-19(15-22)18-34-23-12-11-20-8-6-9-21(20)16-23/h5,7,10-12,15-17H,2-4,6,8-9,13-14,18H2,1H3,(H,29,32). The van der Waals surface area contributed by atoms with Crippen LogP contribution >= 0.6 is 0 Å². The summed E-state index contributed by atoms with van der Waals surface area (Å²) < 4.78 is 7.53. The molecule has 3 aromatic rings. The second kappa shape index (κ2) is 9.71. The van der Waals surface area contributed by atoms with E-state index in [1.165, 1.54) is 28.4 Å². The van der Waals surface area contributed by atoms with Gasteiger partial charge in [0.25, 0.3) is 11.8 Å². The Morgan fingerprint density at radius 1 is 1.00 bits per heavy atom. The highest BCUT2D eigenvalue weighted by Crippen LogP contribution is 2.26. The molecule has 1 fully saturated rings. The zero-order valence-corrected chi connectivity index (χ0v) is 19.5. The number of hydrogen-bond donors (Lipinski definition) is 1. The fraction of sp³-hybridized carbons (Fsp3) is 0.370. The van der Waals surface area contributed by atoms with Crippen molar-refractivity contribution >= 4 is 17.5 Å². The van der Waals surface area contributed by atoms with Crippen LogP contribution in [0, 0.1) is 0 Å². The van der Waals surface area contributed by atoms with Crippen molar-refractivity contribution < 1.29 is 14.3 Å². The van der Waals surface area contributed by atoms with Crippen LogP contribution in [0.2, 0.25) is 0 Å². The van der Waals surface area contributed by atoms with Crippen molar-refractivity contribution in [1.82, 2.24) is 14.7 Å². The van der Waals surface area contributed by atoms with E-state index in [0.717, 1.165) is 56.5 Å². The van der Waals surface area contributed by atoms with Crippen LogP contribution in [-0.2, 0) is 26.5 Å². The van der Waals surface area contributed by atoms with Gasteiger partial charge in [0, 0.05) is 25.7 Å². The molecule has 2 amide bonds. The monoisotopic (exact) mass is 458 g/mol. The Balaban J connectivity index is 1.26. The molecule has 0 spiro atoms. The van der Waals surface area contributed by atoms with Crippen molar-refractivity contribution in [2.24, 2.45) is 7.05 Å². The van der Waals surface area contributed by atoms with Gasteiger partial charge in [-0.25, -0.2) is 0 Å². The van der Waals surface area contributed by atoms with Crippen molar-refractivity contribution in [3.8, 4) is 5.75 Å². The van der Waals surface area contributed by atoms with Gasteiger partial charge < -0.3 is 15.0 Å². The van der Waals surface area contributed by atoms with E-state index in [9.17, 15) is 9.59 Å². The van der Waals surface area contributed by atoms with Gasteiger partial charge in [0.05, 0.1) is 11.9 Å². The number of ether oxygens (including phenoxy) is 1. The summed E-state index contributed by atoms with van der Waals surface area (Å²) in [7, 11) is 1.73. The molecule has 2 aliphatic rings. The van der Waals surface area contributed by atoms with E-state index < -0.39 is 0 Å². The van der Waals surface area contributed by atoms with Gasteiger partial charge in [-0.3, -0.25) is 14.3 Å². The number of fused-ring (bicyclic) bond motifs is 1. The van der Waals surface area contributed by atoms with Crippen LogP contribution in [0.25, 0.3) is 0 Å². The van der Waals surface area contributed by atoms with Crippen molar-refractivity contribution in [1.29, 1.82) is 0 Å². The van der Waals surface area contributed by atoms with Gasteiger partial charge in [-0.1, -0.05) is 18.2 Å². The number of likely N-dealkylation sites (tertiary alicyclic amines) is 1. The third-order valence-electron chi connectivity index (χ3n) is 6.70. The van der Waals surface area contributed by atoms with Gasteiger partial charge in [-0.05, 0) is 79.5 Å². The molecule has 1 aliphatic carbocycles. The maximum absolute atomic E-state index is 13.1. The van der Waals surface area contributed by atoms with Gasteiger partial charge in [0.2, 0.25) is 0 Å². The molecule has 2 heterocycles. The van der Waals surface area contributed by atoms with E-state index >= 15 is 0 Å². The molecule has 34 heavy (non-hydrogen) atoms. The van der Waals surface area contributed by atoms with Crippen LogP contribution in [0.15, 0.2) is 48.7 Å². The van der Waals surface area contributed by atoms with Gasteiger partial charge in [0.1, 0.15) is 18.1 Å². The van der Waals surface area contributed by atoms with E-state index in [-0.39, 0.29) is 11.8 Å². The van der Waals surface area contributed by atoms with Crippen LogP contribution in [0.5, 0.6) is 5.75 Å². The third-order valence-corrected chi connectivity index (χ3v) is 6.70. The lowest BCUT2D eigenvalue weighted by Gasteiger charge is -2.27. The summed E-state index contributed by atoms with van der Waals surface area (Å²) in [5, 5.41) is 7.11. The third kappa shape index (κ3) is 4.69. The number of amides is 2. The Bertz CT molecular complexity index is 1210. The maximum Gasteiger partial charge on any atom is 0.274 e. The lowest BCUT2D eigenvalue weighted by molar-refractivity contribution is 0.0714. The van der Waals surface area contributed by atoms with Gasteiger partial charge in [-0.2, -0.15) is 5.10 Å². The predicted octanol–water partition coefficient (Wildman–Crippen LogP) is 4.37. The van der Waals surface area contributed by atoms with E-state index in [1.807, 2.05) is 29.2 Å². The first kappa shape index (κ1) is 22.2. The lowest BCUT2D eigenvalue weighted by Crippen LogP contribution is -2.37. The van der Waals surface area contributed by atoms with Crippen LogP contribution in [0.4, 0.5) is 5.69 Å². The predicted molar refractivity (Wildman–Crippen MR) is 130 cm³/mol. The molecule has 176 valence electrons. The number of hydrogen-bond acceptors (Lipinski definition) is 4. The van der Waals surface area contributed by atoms with E-state index in [1.54, 1.807) is 13.1 Å². The van der Waals surface area contributed by atoms with Gasteiger partial charge in [0.15, 0.2) is 0 Å². The average molecular weight is 459 g/mol. The topological polar surface area (TPSA) is 76.5 Å². The van der Waals surface area contributed by atoms with Gasteiger partial charge in [-0.15, -0.1) is 0 Å². The summed E-state index contributed by atoms with van der Waals surface area (Å²) >= 11 is 0. The first-order valence-electron chi connectivity index (χ1n) is 12.0. The molecule has 0 atom stereocenters. The van der Waals surface area contributed by atoms with E-state index in [0.29, 0.717) is 23.6 Å². The van der Waals surface area contributed by atoms with Crippen molar-refractivity contribution in [2.45, 2.75) is 45.1 Å². The molecule has 0 radical (unpaired) electrons. The number of nitrogens with one attached hydrogen (secondary N) is 1. The molecule has 2 aromatic carbocycles. The Morgan fingerprint density at radius 3 is 2.68 bits per heavy atom. The average Bonchev–Trinajstić information content (AvgIpc) is 3.49. The van der Waals surface area contributed by atoms with Gasteiger partial charge >= 0.3 is 0 Å². The summed E-state index contributed by atoms with van der Waals surface area (Å²) in [6.07, 6.45) is 8.16.